The fourth-order valence-corrected chi connectivity index (χ4v) is 4.62. The Hall–Kier alpha value is -3.16. The molecule has 2 aliphatic rings. The van der Waals surface area contributed by atoms with E-state index in [1.807, 2.05) is 7.05 Å². The number of amides is 2. The average Bonchev–Trinajstić information content (AvgIpc) is 3.27. The van der Waals surface area contributed by atoms with Crippen LogP contribution in [0.5, 0.6) is 0 Å². The number of primary amides is 1. The first-order valence-electron chi connectivity index (χ1n) is 11.1. The summed E-state index contributed by atoms with van der Waals surface area (Å²) in [4.78, 5) is 37.8. The third-order valence-corrected chi connectivity index (χ3v) is 6.31. The van der Waals surface area contributed by atoms with E-state index in [1.165, 1.54) is 12.8 Å². The maximum atomic E-state index is 13.1. The van der Waals surface area contributed by atoms with Gasteiger partial charge in [-0.15, -0.1) is 0 Å². The first kappa shape index (κ1) is 21.1. The highest BCUT2D eigenvalue weighted by Crippen LogP contribution is 2.38. The van der Waals surface area contributed by atoms with Crippen molar-refractivity contribution in [3.63, 3.8) is 0 Å². The minimum atomic E-state index is -0.464. The molecule has 0 unspecified atom stereocenters. The maximum absolute atomic E-state index is 13.1. The highest BCUT2D eigenvalue weighted by atomic mass is 16.2. The number of anilines is 4. The molecule has 1 fully saturated rings. The summed E-state index contributed by atoms with van der Waals surface area (Å²) in [7, 11) is 1.82. The molecule has 0 spiro atoms. The van der Waals surface area contributed by atoms with Crippen LogP contribution in [-0.2, 0) is 4.79 Å². The molecular weight excluding hydrogens is 392 g/mol. The van der Waals surface area contributed by atoms with Gasteiger partial charge in [-0.2, -0.15) is 4.98 Å². The molecule has 164 valence electrons. The molecule has 3 N–H and O–H groups in total. The number of rotatable bonds is 6. The number of nitrogens with one attached hydrogen (secondary N) is 1. The largest absolute Gasteiger partial charge is 0.366 e. The lowest BCUT2D eigenvalue weighted by atomic mass is 10.0. The van der Waals surface area contributed by atoms with Gasteiger partial charge in [-0.05, 0) is 43.5 Å². The van der Waals surface area contributed by atoms with E-state index in [4.69, 9.17) is 10.7 Å². The number of nitrogens with zero attached hydrogens (tertiary/aromatic N) is 4. The Morgan fingerprint density at radius 3 is 2.58 bits per heavy atom. The van der Waals surface area contributed by atoms with E-state index >= 15 is 0 Å². The molecule has 0 radical (unpaired) electrons. The summed E-state index contributed by atoms with van der Waals surface area (Å²) in [5, 5.41) is 3.21. The second kappa shape index (κ2) is 8.91. The number of nitrogens with two attached hydrogens (primary N) is 1. The zero-order chi connectivity index (χ0) is 22.0. The number of fused-ring (bicyclic) bond motifs is 1. The van der Waals surface area contributed by atoms with E-state index in [9.17, 15) is 9.59 Å². The van der Waals surface area contributed by atoms with Crippen molar-refractivity contribution in [3.05, 3.63) is 36.0 Å². The van der Waals surface area contributed by atoms with Gasteiger partial charge in [0, 0.05) is 30.9 Å². The minimum absolute atomic E-state index is 0.0393. The van der Waals surface area contributed by atoms with Crippen LogP contribution < -0.4 is 20.9 Å². The van der Waals surface area contributed by atoms with Crippen LogP contribution in [0.15, 0.2) is 30.5 Å². The fourth-order valence-electron chi connectivity index (χ4n) is 4.62. The van der Waals surface area contributed by atoms with Crippen LogP contribution in [0, 0.1) is 5.92 Å². The Kier molecular flexibility index (Phi) is 6.06. The molecule has 0 bridgehead atoms. The van der Waals surface area contributed by atoms with Crippen LogP contribution in [0.2, 0.25) is 0 Å². The molecule has 1 saturated carbocycles. The third-order valence-electron chi connectivity index (χ3n) is 6.31. The third kappa shape index (κ3) is 4.33. The minimum Gasteiger partial charge on any atom is -0.366 e. The molecule has 1 aromatic heterocycles. The van der Waals surface area contributed by atoms with Gasteiger partial charge in [-0.1, -0.05) is 26.2 Å². The second-order valence-electron chi connectivity index (χ2n) is 8.44. The van der Waals surface area contributed by atoms with Gasteiger partial charge in [0.15, 0.2) is 5.82 Å². The molecule has 1 atom stereocenters. The van der Waals surface area contributed by atoms with Gasteiger partial charge in [-0.25, -0.2) is 4.98 Å². The van der Waals surface area contributed by atoms with Crippen molar-refractivity contribution in [2.75, 3.05) is 28.7 Å². The van der Waals surface area contributed by atoms with Gasteiger partial charge in [-0.3, -0.25) is 9.59 Å². The lowest BCUT2D eigenvalue weighted by Gasteiger charge is -2.31. The summed E-state index contributed by atoms with van der Waals surface area (Å²) in [6.45, 7) is 2.81. The maximum Gasteiger partial charge on any atom is 0.248 e. The van der Waals surface area contributed by atoms with Gasteiger partial charge in [0.1, 0.15) is 5.69 Å². The van der Waals surface area contributed by atoms with Crippen molar-refractivity contribution < 1.29 is 9.59 Å². The van der Waals surface area contributed by atoms with Crippen LogP contribution in [-0.4, -0.2) is 41.4 Å². The summed E-state index contributed by atoms with van der Waals surface area (Å²) in [5.41, 5.74) is 7.28. The number of hydrogen-bond acceptors (Lipinski definition) is 6. The highest BCUT2D eigenvalue weighted by Gasteiger charge is 2.36. The zero-order valence-electron chi connectivity index (χ0n) is 18.2. The zero-order valence-corrected chi connectivity index (χ0v) is 18.2. The van der Waals surface area contributed by atoms with Gasteiger partial charge in [0.2, 0.25) is 17.8 Å². The van der Waals surface area contributed by atoms with Crippen molar-refractivity contribution in [2.24, 2.45) is 11.7 Å². The molecule has 1 aliphatic heterocycles. The van der Waals surface area contributed by atoms with Crippen molar-refractivity contribution >= 4 is 35.0 Å². The van der Waals surface area contributed by atoms with Crippen molar-refractivity contribution in [3.8, 4) is 0 Å². The number of hydrogen-bond donors (Lipinski definition) is 2. The summed E-state index contributed by atoms with van der Waals surface area (Å²) in [6.07, 6.45) is 8.23. The lowest BCUT2D eigenvalue weighted by molar-refractivity contribution is -0.121. The molecule has 8 nitrogen and oxygen atoms in total. The van der Waals surface area contributed by atoms with E-state index in [0.717, 1.165) is 42.9 Å². The van der Waals surface area contributed by atoms with Crippen LogP contribution >= 0.6 is 0 Å². The Labute approximate surface area is 182 Å². The standard InChI is InChI=1S/C23H30N6O2/c1-3-6-16-14-29(18-7-4-5-8-18)21-19(28(2)22(16)31)13-25-23(27-21)26-17-11-9-15(10-12-17)20(24)30/h9-13,16,18H,3-8,14H2,1-2H3,(H2,24,30)(H,25,26,27)/t16-/m0/s1. The van der Waals surface area contributed by atoms with Gasteiger partial charge in [0.25, 0.3) is 0 Å². The molecule has 4 rings (SSSR count). The van der Waals surface area contributed by atoms with Crippen LogP contribution in [0.1, 0.15) is 55.8 Å². The van der Waals surface area contributed by atoms with Gasteiger partial charge >= 0.3 is 0 Å². The van der Waals surface area contributed by atoms with Gasteiger partial charge in [0.05, 0.1) is 12.1 Å². The predicted octanol–water partition coefficient (Wildman–Crippen LogP) is 3.46. The highest BCUT2D eigenvalue weighted by molar-refractivity contribution is 5.99. The Balaban J connectivity index is 1.68. The number of aromatic nitrogens is 2. The van der Waals surface area contributed by atoms with Crippen molar-refractivity contribution in [1.29, 1.82) is 0 Å². The number of benzene rings is 1. The summed E-state index contributed by atoms with van der Waals surface area (Å²) < 4.78 is 0. The van der Waals surface area contributed by atoms with Crippen molar-refractivity contribution in [2.45, 2.75) is 51.5 Å². The van der Waals surface area contributed by atoms with Crippen molar-refractivity contribution in [1.82, 2.24) is 9.97 Å². The number of carbonyl (C=O) groups excluding carboxylic acids is 2. The van der Waals surface area contributed by atoms with E-state index in [1.54, 1.807) is 35.4 Å². The van der Waals surface area contributed by atoms with E-state index < -0.39 is 5.91 Å². The molecule has 2 amide bonds. The smallest absolute Gasteiger partial charge is 0.248 e. The molecule has 0 saturated heterocycles. The van der Waals surface area contributed by atoms with E-state index in [0.29, 0.717) is 24.1 Å². The topological polar surface area (TPSA) is 104 Å². The Bertz CT molecular complexity index is 955. The summed E-state index contributed by atoms with van der Waals surface area (Å²) in [6, 6.07) is 7.28. The van der Waals surface area contributed by atoms with Crippen LogP contribution in [0.4, 0.5) is 23.1 Å². The summed E-state index contributed by atoms with van der Waals surface area (Å²) in [5.74, 6) is 0.905. The van der Waals surface area contributed by atoms with Gasteiger partial charge < -0.3 is 20.9 Å². The average molecular weight is 423 g/mol. The van der Waals surface area contributed by atoms with E-state index in [2.05, 4.69) is 22.1 Å². The monoisotopic (exact) mass is 422 g/mol. The Morgan fingerprint density at radius 1 is 1.23 bits per heavy atom. The molecule has 1 aliphatic carbocycles. The first-order valence-corrected chi connectivity index (χ1v) is 11.1. The first-order chi connectivity index (χ1) is 15.0. The van der Waals surface area contributed by atoms with Crippen LogP contribution in [0.3, 0.4) is 0 Å². The van der Waals surface area contributed by atoms with Crippen LogP contribution in [0.25, 0.3) is 0 Å². The fraction of sp³-hybridized carbons (Fsp3) is 0.478. The Morgan fingerprint density at radius 2 is 1.94 bits per heavy atom. The second-order valence-corrected chi connectivity index (χ2v) is 8.44. The molecular formula is C23H30N6O2. The molecule has 31 heavy (non-hydrogen) atoms. The predicted molar refractivity (Wildman–Crippen MR) is 122 cm³/mol. The lowest BCUT2D eigenvalue weighted by Crippen LogP contribution is -2.40. The number of carbonyl (C=O) groups is 2. The summed E-state index contributed by atoms with van der Waals surface area (Å²) >= 11 is 0. The normalized spacial score (nSPS) is 19.3. The molecule has 8 heteroatoms. The SMILES string of the molecule is CCC[C@H]1CN(C2CCCC2)c2nc(Nc3ccc(C(N)=O)cc3)ncc2N(C)C1=O. The van der Waals surface area contributed by atoms with E-state index in [-0.39, 0.29) is 11.8 Å². The molecule has 1 aromatic carbocycles. The molecule has 2 aromatic rings. The molecule has 2 heterocycles. The quantitative estimate of drug-likeness (QED) is 0.739.